The molecule has 0 atom stereocenters. The first-order chi connectivity index (χ1) is 9.56. The molecule has 2 aromatic heterocycles. The van der Waals surface area contributed by atoms with E-state index in [4.69, 9.17) is 5.73 Å². The first-order valence-corrected chi connectivity index (χ1v) is 7.55. The van der Waals surface area contributed by atoms with Crippen LogP contribution in [0.15, 0.2) is 22.7 Å². The minimum atomic E-state index is -0.855. The van der Waals surface area contributed by atoms with Crippen LogP contribution in [0.3, 0.4) is 0 Å². The molecule has 0 fully saturated rings. The molecule has 0 radical (unpaired) electrons. The number of carbonyl (C=O) groups is 2. The van der Waals surface area contributed by atoms with Crippen LogP contribution in [-0.4, -0.2) is 32.5 Å². The van der Waals surface area contributed by atoms with E-state index < -0.39 is 11.9 Å². The lowest BCUT2D eigenvalue weighted by atomic mass is 10.3. The molecular formula is C11H13N5O2S2. The van der Waals surface area contributed by atoms with Gasteiger partial charge in [-0.3, -0.25) is 10.1 Å². The van der Waals surface area contributed by atoms with Gasteiger partial charge < -0.3 is 10.3 Å². The molecule has 0 unspecified atom stereocenters. The van der Waals surface area contributed by atoms with Gasteiger partial charge in [-0.2, -0.15) is 0 Å². The van der Waals surface area contributed by atoms with Crippen LogP contribution >= 0.6 is 23.1 Å². The average Bonchev–Trinajstić information content (AvgIpc) is 2.99. The quantitative estimate of drug-likeness (QED) is 0.793. The number of nitrogens with two attached hydrogens (primary N) is 1. The molecule has 2 rings (SSSR count). The second-order valence-corrected chi connectivity index (χ2v) is 5.89. The van der Waals surface area contributed by atoms with Gasteiger partial charge in [0.15, 0.2) is 5.16 Å². The number of primary amides is 1. The zero-order valence-electron chi connectivity index (χ0n) is 10.7. The van der Waals surface area contributed by atoms with Crippen LogP contribution in [0.5, 0.6) is 0 Å². The number of aromatic nitrogens is 3. The molecule has 3 N–H and O–H groups in total. The van der Waals surface area contributed by atoms with Gasteiger partial charge in [-0.05, 0) is 11.4 Å². The van der Waals surface area contributed by atoms with Crippen molar-refractivity contribution in [1.82, 2.24) is 20.1 Å². The van der Waals surface area contributed by atoms with Crippen molar-refractivity contribution in [2.24, 2.45) is 12.8 Å². The summed E-state index contributed by atoms with van der Waals surface area (Å²) in [5.74, 6) is 0.434. The predicted molar refractivity (Wildman–Crippen MR) is 76.6 cm³/mol. The number of thioether (sulfide) groups is 1. The lowest BCUT2D eigenvalue weighted by Crippen LogP contribution is -2.36. The maximum atomic E-state index is 11.3. The van der Waals surface area contributed by atoms with Gasteiger partial charge in [0, 0.05) is 18.3 Å². The fourth-order valence-electron chi connectivity index (χ4n) is 1.50. The standard InChI is InChI=1S/C11H13N5O2S2/c1-16-8(5-7-3-2-4-19-7)14-15-11(16)20-6-9(17)13-10(12)18/h2-4H,5-6H2,1H3,(H3,12,13,17,18). The number of amides is 3. The third kappa shape index (κ3) is 3.81. The van der Waals surface area contributed by atoms with Crippen LogP contribution in [-0.2, 0) is 18.3 Å². The Labute approximate surface area is 123 Å². The summed E-state index contributed by atoms with van der Waals surface area (Å²) in [6.07, 6.45) is 0.704. The van der Waals surface area contributed by atoms with Crippen LogP contribution in [0.2, 0.25) is 0 Å². The summed E-state index contributed by atoms with van der Waals surface area (Å²) < 4.78 is 1.84. The van der Waals surface area contributed by atoms with E-state index in [0.717, 1.165) is 5.82 Å². The third-order valence-electron chi connectivity index (χ3n) is 2.43. The van der Waals surface area contributed by atoms with E-state index in [1.807, 2.05) is 34.4 Å². The Morgan fingerprint density at radius 3 is 2.95 bits per heavy atom. The SMILES string of the molecule is Cn1c(Cc2cccs2)nnc1SCC(=O)NC(N)=O. The van der Waals surface area contributed by atoms with Crippen molar-refractivity contribution in [3.8, 4) is 0 Å². The number of nitrogens with zero attached hydrogens (tertiary/aromatic N) is 3. The van der Waals surface area contributed by atoms with E-state index in [1.165, 1.54) is 16.6 Å². The minimum absolute atomic E-state index is 0.0634. The largest absolute Gasteiger partial charge is 0.351 e. The molecule has 0 aliphatic heterocycles. The van der Waals surface area contributed by atoms with Gasteiger partial charge >= 0.3 is 6.03 Å². The van der Waals surface area contributed by atoms with Crippen molar-refractivity contribution in [2.75, 3.05) is 5.75 Å². The smallest absolute Gasteiger partial charge is 0.318 e. The third-order valence-corrected chi connectivity index (χ3v) is 4.33. The second kappa shape index (κ2) is 6.53. The van der Waals surface area contributed by atoms with E-state index >= 15 is 0 Å². The molecule has 0 aromatic carbocycles. The molecule has 2 aromatic rings. The van der Waals surface area contributed by atoms with Gasteiger partial charge in [-0.1, -0.05) is 17.8 Å². The van der Waals surface area contributed by atoms with Crippen molar-refractivity contribution >= 4 is 35.0 Å². The van der Waals surface area contributed by atoms with E-state index in [1.54, 1.807) is 11.3 Å². The predicted octanol–water partition coefficient (Wildman–Crippen LogP) is 0.754. The molecule has 0 saturated heterocycles. The van der Waals surface area contributed by atoms with Crippen LogP contribution in [0.4, 0.5) is 4.79 Å². The fourth-order valence-corrected chi connectivity index (χ4v) is 2.93. The highest BCUT2D eigenvalue weighted by atomic mass is 32.2. The second-order valence-electron chi connectivity index (χ2n) is 3.92. The maximum absolute atomic E-state index is 11.3. The van der Waals surface area contributed by atoms with Gasteiger partial charge in [0.05, 0.1) is 5.75 Å². The average molecular weight is 311 g/mol. The zero-order chi connectivity index (χ0) is 14.5. The molecule has 0 aliphatic rings. The van der Waals surface area contributed by atoms with Gasteiger partial charge in [0.2, 0.25) is 5.91 Å². The first-order valence-electron chi connectivity index (χ1n) is 5.69. The van der Waals surface area contributed by atoms with Gasteiger partial charge in [-0.25, -0.2) is 4.79 Å². The van der Waals surface area contributed by atoms with Crippen molar-refractivity contribution in [1.29, 1.82) is 0 Å². The van der Waals surface area contributed by atoms with E-state index in [9.17, 15) is 9.59 Å². The number of urea groups is 1. The molecule has 0 aliphatic carbocycles. The van der Waals surface area contributed by atoms with Gasteiger partial charge in [0.25, 0.3) is 0 Å². The highest BCUT2D eigenvalue weighted by Gasteiger charge is 2.12. The Bertz CT molecular complexity index is 608. The topological polar surface area (TPSA) is 103 Å². The van der Waals surface area contributed by atoms with Gasteiger partial charge in [-0.15, -0.1) is 21.5 Å². The normalized spacial score (nSPS) is 10.4. The zero-order valence-corrected chi connectivity index (χ0v) is 12.3. The van der Waals surface area contributed by atoms with Gasteiger partial charge in [0.1, 0.15) is 5.82 Å². The van der Waals surface area contributed by atoms with E-state index in [0.29, 0.717) is 11.6 Å². The highest BCUT2D eigenvalue weighted by molar-refractivity contribution is 7.99. The molecule has 7 nitrogen and oxygen atoms in total. The number of nitrogens with one attached hydrogen (secondary N) is 1. The maximum Gasteiger partial charge on any atom is 0.318 e. The lowest BCUT2D eigenvalue weighted by Gasteiger charge is -2.03. The van der Waals surface area contributed by atoms with E-state index in [2.05, 4.69) is 10.2 Å². The van der Waals surface area contributed by atoms with Crippen molar-refractivity contribution < 1.29 is 9.59 Å². The summed E-state index contributed by atoms with van der Waals surface area (Å²) in [6, 6.07) is 3.17. The van der Waals surface area contributed by atoms with Crippen LogP contribution in [0, 0.1) is 0 Å². The van der Waals surface area contributed by atoms with Crippen LogP contribution < -0.4 is 11.1 Å². The highest BCUT2D eigenvalue weighted by Crippen LogP contribution is 2.18. The summed E-state index contributed by atoms with van der Waals surface area (Å²) in [6.45, 7) is 0. The summed E-state index contributed by atoms with van der Waals surface area (Å²) in [4.78, 5) is 23.0. The molecule has 3 amide bonds. The van der Waals surface area contributed by atoms with E-state index in [-0.39, 0.29) is 5.75 Å². The molecule has 9 heteroatoms. The number of carbonyl (C=O) groups excluding carboxylic acids is 2. The Hall–Kier alpha value is -1.87. The molecule has 0 bridgehead atoms. The molecular weight excluding hydrogens is 298 g/mol. The molecule has 2 heterocycles. The molecule has 0 saturated carbocycles. The summed E-state index contributed by atoms with van der Waals surface area (Å²) >= 11 is 2.86. The summed E-state index contributed by atoms with van der Waals surface area (Å²) in [5.41, 5.74) is 4.86. The summed E-state index contributed by atoms with van der Waals surface area (Å²) in [5, 5.41) is 12.8. The summed E-state index contributed by atoms with van der Waals surface area (Å²) in [7, 11) is 1.84. The Morgan fingerprint density at radius 1 is 1.50 bits per heavy atom. The Morgan fingerprint density at radius 2 is 2.30 bits per heavy atom. The van der Waals surface area contributed by atoms with Crippen LogP contribution in [0.1, 0.15) is 10.7 Å². The Balaban J connectivity index is 1.95. The fraction of sp³-hybridized carbons (Fsp3) is 0.273. The molecule has 20 heavy (non-hydrogen) atoms. The number of hydrogen-bond acceptors (Lipinski definition) is 6. The Kier molecular flexibility index (Phi) is 4.74. The number of imide groups is 1. The lowest BCUT2D eigenvalue weighted by molar-refractivity contribution is -0.117. The number of thiophene rings is 1. The van der Waals surface area contributed by atoms with Crippen LogP contribution in [0.25, 0.3) is 0 Å². The first kappa shape index (κ1) is 14.5. The monoisotopic (exact) mass is 311 g/mol. The molecule has 0 spiro atoms. The van der Waals surface area contributed by atoms with Crippen molar-refractivity contribution in [3.05, 3.63) is 28.2 Å². The minimum Gasteiger partial charge on any atom is -0.351 e. The molecule has 106 valence electrons. The van der Waals surface area contributed by atoms with Crippen molar-refractivity contribution in [3.63, 3.8) is 0 Å². The number of hydrogen-bond donors (Lipinski definition) is 2. The van der Waals surface area contributed by atoms with Crippen molar-refractivity contribution in [2.45, 2.75) is 11.6 Å². The number of rotatable bonds is 5.